The Morgan fingerprint density at radius 3 is 2.43 bits per heavy atom. The summed E-state index contributed by atoms with van der Waals surface area (Å²) in [5.41, 5.74) is 0.576. The largest absolute Gasteiger partial charge is 0.497 e. The number of hydrogen-bond donors (Lipinski definition) is 1. The van der Waals surface area contributed by atoms with Crippen LogP contribution in [-0.4, -0.2) is 34.5 Å². The van der Waals surface area contributed by atoms with Gasteiger partial charge in [-0.2, -0.15) is 0 Å². The summed E-state index contributed by atoms with van der Waals surface area (Å²) in [7, 11) is -0.855. The second kappa shape index (κ2) is 9.30. The van der Waals surface area contributed by atoms with E-state index in [0.717, 1.165) is 17.1 Å². The standard InChI is InChI=1S/C20H25ClN2O4S/c1-5-6-14(2)22-20(24)18-13-15(7-12-19(18)21)23(3)28(25,26)17-10-8-16(27-4)9-11-17/h7-14H,5-6H2,1-4H3,(H,22,24). The molecule has 0 aliphatic rings. The van der Waals surface area contributed by atoms with Crippen LogP contribution in [0.5, 0.6) is 5.75 Å². The number of carbonyl (C=O) groups excluding carboxylic acids is 1. The van der Waals surface area contributed by atoms with Crippen LogP contribution in [0.4, 0.5) is 5.69 Å². The van der Waals surface area contributed by atoms with E-state index in [1.54, 1.807) is 18.2 Å². The fourth-order valence-electron chi connectivity index (χ4n) is 2.73. The Morgan fingerprint density at radius 1 is 1.21 bits per heavy atom. The minimum atomic E-state index is -3.80. The van der Waals surface area contributed by atoms with Crippen LogP contribution in [0.25, 0.3) is 0 Å². The zero-order chi connectivity index (χ0) is 20.9. The van der Waals surface area contributed by atoms with Gasteiger partial charge in [0.15, 0.2) is 0 Å². The number of sulfonamides is 1. The van der Waals surface area contributed by atoms with Crippen molar-refractivity contribution >= 4 is 33.2 Å². The second-order valence-corrected chi connectivity index (χ2v) is 8.85. The number of halogens is 1. The number of anilines is 1. The van der Waals surface area contributed by atoms with Crippen LogP contribution in [0, 0.1) is 0 Å². The van der Waals surface area contributed by atoms with E-state index in [9.17, 15) is 13.2 Å². The molecule has 2 rings (SSSR count). The van der Waals surface area contributed by atoms with Crippen molar-refractivity contribution in [3.05, 3.63) is 53.1 Å². The van der Waals surface area contributed by atoms with Crippen molar-refractivity contribution in [3.8, 4) is 5.75 Å². The van der Waals surface area contributed by atoms with E-state index in [1.807, 2.05) is 13.8 Å². The SMILES string of the molecule is CCCC(C)NC(=O)c1cc(N(C)S(=O)(=O)c2ccc(OC)cc2)ccc1Cl. The van der Waals surface area contributed by atoms with Crippen molar-refractivity contribution in [2.24, 2.45) is 0 Å². The lowest BCUT2D eigenvalue weighted by molar-refractivity contribution is 0.0938. The number of carbonyl (C=O) groups is 1. The van der Waals surface area contributed by atoms with Gasteiger partial charge in [0, 0.05) is 13.1 Å². The number of amides is 1. The first-order valence-electron chi connectivity index (χ1n) is 8.94. The van der Waals surface area contributed by atoms with Crippen molar-refractivity contribution in [2.75, 3.05) is 18.5 Å². The van der Waals surface area contributed by atoms with Crippen molar-refractivity contribution in [1.29, 1.82) is 0 Å². The monoisotopic (exact) mass is 424 g/mol. The lowest BCUT2D eigenvalue weighted by Gasteiger charge is -2.21. The van der Waals surface area contributed by atoms with Crippen LogP contribution in [0.3, 0.4) is 0 Å². The van der Waals surface area contributed by atoms with Gasteiger partial charge >= 0.3 is 0 Å². The van der Waals surface area contributed by atoms with Gasteiger partial charge in [-0.3, -0.25) is 9.10 Å². The molecule has 8 heteroatoms. The number of hydrogen-bond acceptors (Lipinski definition) is 4. The topological polar surface area (TPSA) is 75.7 Å². The Hall–Kier alpha value is -2.25. The summed E-state index contributed by atoms with van der Waals surface area (Å²) >= 11 is 6.18. The fraction of sp³-hybridized carbons (Fsp3) is 0.350. The van der Waals surface area contributed by atoms with Gasteiger partial charge in [-0.25, -0.2) is 8.42 Å². The van der Waals surface area contributed by atoms with E-state index >= 15 is 0 Å². The van der Waals surface area contributed by atoms with Gasteiger partial charge in [-0.15, -0.1) is 0 Å². The number of rotatable bonds is 8. The molecule has 0 saturated carbocycles. The Kier molecular flexibility index (Phi) is 7.32. The maximum Gasteiger partial charge on any atom is 0.264 e. The smallest absolute Gasteiger partial charge is 0.264 e. The van der Waals surface area contributed by atoms with Crippen molar-refractivity contribution in [2.45, 2.75) is 37.6 Å². The molecule has 0 radical (unpaired) electrons. The first-order chi connectivity index (χ1) is 13.2. The predicted molar refractivity (Wildman–Crippen MR) is 112 cm³/mol. The highest BCUT2D eigenvalue weighted by Gasteiger charge is 2.23. The first kappa shape index (κ1) is 22.0. The third-order valence-electron chi connectivity index (χ3n) is 4.38. The van der Waals surface area contributed by atoms with Gasteiger partial charge < -0.3 is 10.1 Å². The van der Waals surface area contributed by atoms with Crippen LogP contribution in [0.15, 0.2) is 47.4 Å². The fourth-order valence-corrected chi connectivity index (χ4v) is 4.13. The zero-order valence-corrected chi connectivity index (χ0v) is 18.0. The maximum absolute atomic E-state index is 12.9. The highest BCUT2D eigenvalue weighted by atomic mass is 35.5. The van der Waals surface area contributed by atoms with Gasteiger partial charge in [0.25, 0.3) is 15.9 Å². The molecule has 0 aliphatic carbocycles. The Bertz CT molecular complexity index is 930. The van der Waals surface area contributed by atoms with Crippen molar-refractivity contribution in [3.63, 3.8) is 0 Å². The minimum absolute atomic E-state index is 0.00187. The van der Waals surface area contributed by atoms with Crippen LogP contribution in [-0.2, 0) is 10.0 Å². The molecule has 1 unspecified atom stereocenters. The van der Waals surface area contributed by atoms with Gasteiger partial charge in [0.2, 0.25) is 0 Å². The summed E-state index contributed by atoms with van der Waals surface area (Å²) in [6.07, 6.45) is 1.78. The summed E-state index contributed by atoms with van der Waals surface area (Å²) in [5.74, 6) is 0.233. The highest BCUT2D eigenvalue weighted by Crippen LogP contribution is 2.27. The molecule has 28 heavy (non-hydrogen) atoms. The average molecular weight is 425 g/mol. The molecule has 0 spiro atoms. The zero-order valence-electron chi connectivity index (χ0n) is 16.4. The number of nitrogens with one attached hydrogen (secondary N) is 1. The van der Waals surface area contributed by atoms with Crippen LogP contribution < -0.4 is 14.4 Å². The molecule has 0 aliphatic heterocycles. The summed E-state index contributed by atoms with van der Waals surface area (Å²) in [5, 5.41) is 3.15. The normalized spacial score (nSPS) is 12.3. The molecule has 1 atom stereocenters. The summed E-state index contributed by atoms with van der Waals surface area (Å²) in [6.45, 7) is 3.95. The lowest BCUT2D eigenvalue weighted by Crippen LogP contribution is -2.33. The van der Waals surface area contributed by atoms with Gasteiger partial charge in [-0.1, -0.05) is 24.9 Å². The molecule has 6 nitrogen and oxygen atoms in total. The number of methoxy groups -OCH3 is 1. The molecule has 0 aromatic heterocycles. The van der Waals surface area contributed by atoms with E-state index in [0.29, 0.717) is 11.4 Å². The molecule has 152 valence electrons. The molecule has 0 saturated heterocycles. The summed E-state index contributed by atoms with van der Waals surface area (Å²) < 4.78 is 32.0. The number of nitrogens with zero attached hydrogens (tertiary/aromatic N) is 1. The maximum atomic E-state index is 12.9. The van der Waals surface area contributed by atoms with Crippen molar-refractivity contribution < 1.29 is 17.9 Å². The minimum Gasteiger partial charge on any atom is -0.497 e. The summed E-state index contributed by atoms with van der Waals surface area (Å²) in [4.78, 5) is 12.7. The van der Waals surface area contributed by atoms with Gasteiger partial charge in [0.1, 0.15) is 5.75 Å². The Labute approximate surface area is 171 Å². The van der Waals surface area contributed by atoms with E-state index in [1.165, 1.54) is 38.4 Å². The van der Waals surface area contributed by atoms with Gasteiger partial charge in [0.05, 0.1) is 28.3 Å². The third kappa shape index (κ3) is 4.97. The van der Waals surface area contributed by atoms with E-state index in [2.05, 4.69) is 5.32 Å². The van der Waals surface area contributed by atoms with Crippen LogP contribution in [0.2, 0.25) is 5.02 Å². The predicted octanol–water partition coefficient (Wildman–Crippen LogP) is 4.09. The Balaban J connectivity index is 2.32. The Morgan fingerprint density at radius 2 is 1.86 bits per heavy atom. The number of benzene rings is 2. The molecule has 0 fully saturated rings. The summed E-state index contributed by atoms with van der Waals surface area (Å²) in [6, 6.07) is 10.7. The molecular weight excluding hydrogens is 400 g/mol. The second-order valence-electron chi connectivity index (χ2n) is 6.48. The molecule has 0 bridgehead atoms. The molecule has 2 aromatic carbocycles. The molecule has 2 aromatic rings. The van der Waals surface area contributed by atoms with E-state index in [-0.39, 0.29) is 27.4 Å². The third-order valence-corrected chi connectivity index (χ3v) is 6.50. The first-order valence-corrected chi connectivity index (χ1v) is 10.8. The molecular formula is C20H25ClN2O4S. The van der Waals surface area contributed by atoms with Gasteiger partial charge in [-0.05, 0) is 55.8 Å². The molecule has 1 N–H and O–H groups in total. The quantitative estimate of drug-likeness (QED) is 0.692. The lowest BCUT2D eigenvalue weighted by atomic mass is 10.1. The van der Waals surface area contributed by atoms with Crippen LogP contribution >= 0.6 is 11.6 Å². The molecule has 0 heterocycles. The average Bonchev–Trinajstić information content (AvgIpc) is 2.67. The number of ether oxygens (including phenoxy) is 1. The van der Waals surface area contributed by atoms with E-state index in [4.69, 9.17) is 16.3 Å². The van der Waals surface area contributed by atoms with E-state index < -0.39 is 10.0 Å². The highest BCUT2D eigenvalue weighted by molar-refractivity contribution is 7.92. The van der Waals surface area contributed by atoms with Crippen LogP contribution in [0.1, 0.15) is 37.0 Å². The van der Waals surface area contributed by atoms with Crippen molar-refractivity contribution in [1.82, 2.24) is 5.32 Å². The molecule has 1 amide bonds.